The largest absolute Gasteiger partial charge is 0.394 e. The van der Waals surface area contributed by atoms with Gasteiger partial charge >= 0.3 is 0 Å². The second-order valence-corrected chi connectivity index (χ2v) is 6.80. The van der Waals surface area contributed by atoms with E-state index in [4.69, 9.17) is 4.74 Å². The monoisotopic (exact) mass is 273 g/mol. The van der Waals surface area contributed by atoms with Crippen LogP contribution in [0.4, 0.5) is 0 Å². The summed E-state index contributed by atoms with van der Waals surface area (Å²) in [5.74, 6) is 3.00. The Morgan fingerprint density at radius 3 is 2.94 bits per heavy atom. The highest BCUT2D eigenvalue weighted by Gasteiger charge is 2.40. The first-order valence-corrected chi connectivity index (χ1v) is 8.45. The third-order valence-electron chi connectivity index (χ3n) is 4.68. The Kier molecular flexibility index (Phi) is 5.80. The van der Waals surface area contributed by atoms with Gasteiger partial charge in [-0.3, -0.25) is 0 Å². The fourth-order valence-corrected chi connectivity index (χ4v) is 4.54. The molecule has 2 fully saturated rings. The number of likely N-dealkylation sites (N-methyl/N-ethyl adjacent to an activating group) is 1. The van der Waals surface area contributed by atoms with Crippen LogP contribution >= 0.6 is 11.8 Å². The zero-order valence-corrected chi connectivity index (χ0v) is 12.3. The van der Waals surface area contributed by atoms with Gasteiger partial charge in [0.15, 0.2) is 0 Å². The molecule has 3 nitrogen and oxygen atoms in total. The van der Waals surface area contributed by atoms with Crippen LogP contribution < -0.4 is 5.32 Å². The normalized spacial score (nSPS) is 36.3. The molecule has 0 bridgehead atoms. The molecule has 2 rings (SSSR count). The topological polar surface area (TPSA) is 41.5 Å². The van der Waals surface area contributed by atoms with Gasteiger partial charge in [-0.05, 0) is 50.8 Å². The Morgan fingerprint density at radius 2 is 2.28 bits per heavy atom. The van der Waals surface area contributed by atoms with Crippen LogP contribution in [0.2, 0.25) is 0 Å². The van der Waals surface area contributed by atoms with Gasteiger partial charge in [-0.2, -0.15) is 11.8 Å². The number of hydrogen-bond donors (Lipinski definition) is 2. The Morgan fingerprint density at radius 1 is 1.39 bits per heavy atom. The predicted octanol–water partition coefficient (Wildman–Crippen LogP) is 2.04. The third-order valence-corrected chi connectivity index (χ3v) is 5.81. The molecule has 1 heterocycles. The van der Waals surface area contributed by atoms with Gasteiger partial charge in [0, 0.05) is 17.9 Å². The summed E-state index contributed by atoms with van der Waals surface area (Å²) < 4.78 is 5.64. The zero-order chi connectivity index (χ0) is 12.8. The third kappa shape index (κ3) is 3.41. The van der Waals surface area contributed by atoms with Crippen molar-refractivity contribution in [2.45, 2.75) is 50.2 Å². The molecular formula is C14H27NO2S. The summed E-state index contributed by atoms with van der Waals surface area (Å²) in [6, 6.07) is 0. The van der Waals surface area contributed by atoms with Crippen LogP contribution in [0, 0.1) is 5.92 Å². The Hall–Kier alpha value is 0.230. The van der Waals surface area contributed by atoms with Crippen molar-refractivity contribution in [3.63, 3.8) is 0 Å². The Labute approximate surface area is 115 Å². The standard InChI is InChI=1S/C14H27NO2S/c1-15-14(11-16)7-2-4-12(14)6-9-18-10-13-5-3-8-17-13/h12-13,15-16H,2-11H2,1H3. The average Bonchev–Trinajstić information content (AvgIpc) is 3.04. The van der Waals surface area contributed by atoms with Crippen LogP contribution in [0.25, 0.3) is 0 Å². The van der Waals surface area contributed by atoms with E-state index in [1.54, 1.807) is 0 Å². The lowest BCUT2D eigenvalue weighted by Crippen LogP contribution is -2.49. The molecule has 18 heavy (non-hydrogen) atoms. The molecule has 3 atom stereocenters. The molecule has 4 heteroatoms. The maximum absolute atomic E-state index is 9.63. The predicted molar refractivity (Wildman–Crippen MR) is 77.1 cm³/mol. The number of rotatable bonds is 7. The molecule has 3 unspecified atom stereocenters. The highest BCUT2D eigenvalue weighted by molar-refractivity contribution is 7.99. The summed E-state index contributed by atoms with van der Waals surface area (Å²) in [7, 11) is 1.99. The number of hydrogen-bond acceptors (Lipinski definition) is 4. The molecule has 2 N–H and O–H groups in total. The van der Waals surface area contributed by atoms with Crippen molar-refractivity contribution < 1.29 is 9.84 Å². The van der Waals surface area contributed by atoms with Gasteiger partial charge in [-0.25, -0.2) is 0 Å². The molecule has 1 aliphatic heterocycles. The summed E-state index contributed by atoms with van der Waals surface area (Å²) in [5.41, 5.74) is 0.00438. The van der Waals surface area contributed by atoms with Crippen LogP contribution in [-0.4, -0.2) is 48.5 Å². The van der Waals surface area contributed by atoms with E-state index < -0.39 is 0 Å². The van der Waals surface area contributed by atoms with Crippen LogP contribution in [0.5, 0.6) is 0 Å². The first-order valence-electron chi connectivity index (χ1n) is 7.30. The van der Waals surface area contributed by atoms with Gasteiger partial charge in [-0.1, -0.05) is 6.42 Å². The molecule has 1 saturated carbocycles. The average molecular weight is 273 g/mol. The summed E-state index contributed by atoms with van der Waals surface area (Å²) in [6.45, 7) is 1.24. The van der Waals surface area contributed by atoms with Crippen molar-refractivity contribution in [2.75, 3.05) is 31.8 Å². The first kappa shape index (κ1) is 14.6. The fourth-order valence-electron chi connectivity index (χ4n) is 3.40. The molecular weight excluding hydrogens is 246 g/mol. The number of nitrogens with one attached hydrogen (secondary N) is 1. The van der Waals surface area contributed by atoms with Gasteiger partial charge in [0.1, 0.15) is 0 Å². The van der Waals surface area contributed by atoms with Gasteiger partial charge in [0.25, 0.3) is 0 Å². The molecule has 0 aromatic heterocycles. The summed E-state index contributed by atoms with van der Waals surface area (Å²) in [6.07, 6.45) is 7.85. The second kappa shape index (κ2) is 7.13. The van der Waals surface area contributed by atoms with Crippen LogP contribution in [0.15, 0.2) is 0 Å². The van der Waals surface area contributed by atoms with Crippen molar-refractivity contribution in [3.8, 4) is 0 Å². The lowest BCUT2D eigenvalue weighted by atomic mass is 9.86. The highest BCUT2D eigenvalue weighted by atomic mass is 32.2. The minimum absolute atomic E-state index is 0.00438. The minimum Gasteiger partial charge on any atom is -0.394 e. The van der Waals surface area contributed by atoms with E-state index in [9.17, 15) is 5.11 Å². The number of ether oxygens (including phenoxy) is 1. The molecule has 2 aliphatic rings. The lowest BCUT2D eigenvalue weighted by molar-refractivity contribution is 0.127. The van der Waals surface area contributed by atoms with Crippen molar-refractivity contribution in [2.24, 2.45) is 5.92 Å². The van der Waals surface area contributed by atoms with Gasteiger partial charge in [0.05, 0.1) is 12.7 Å². The molecule has 0 aromatic carbocycles. The van der Waals surface area contributed by atoms with E-state index in [1.807, 2.05) is 18.8 Å². The second-order valence-electron chi connectivity index (χ2n) is 5.65. The van der Waals surface area contributed by atoms with Gasteiger partial charge < -0.3 is 15.2 Å². The quantitative estimate of drug-likeness (QED) is 0.697. The van der Waals surface area contributed by atoms with E-state index >= 15 is 0 Å². The minimum atomic E-state index is 0.00438. The Bertz CT molecular complexity index is 240. The smallest absolute Gasteiger partial charge is 0.0666 e. The van der Waals surface area contributed by atoms with Crippen LogP contribution in [0.3, 0.4) is 0 Å². The van der Waals surface area contributed by atoms with Crippen LogP contribution in [0.1, 0.15) is 38.5 Å². The van der Waals surface area contributed by atoms with Crippen molar-refractivity contribution in [3.05, 3.63) is 0 Å². The van der Waals surface area contributed by atoms with Crippen molar-refractivity contribution in [1.29, 1.82) is 0 Å². The van der Waals surface area contributed by atoms with Gasteiger partial charge in [-0.15, -0.1) is 0 Å². The van der Waals surface area contributed by atoms with E-state index in [0.717, 1.165) is 18.8 Å². The van der Waals surface area contributed by atoms with E-state index in [2.05, 4.69) is 5.32 Å². The maximum Gasteiger partial charge on any atom is 0.0666 e. The highest BCUT2D eigenvalue weighted by Crippen LogP contribution is 2.38. The molecule has 0 spiro atoms. The van der Waals surface area contributed by atoms with E-state index in [0.29, 0.717) is 12.0 Å². The fraction of sp³-hybridized carbons (Fsp3) is 1.00. The number of aliphatic hydroxyl groups excluding tert-OH is 1. The molecule has 0 radical (unpaired) electrons. The molecule has 1 saturated heterocycles. The molecule has 0 aromatic rings. The molecule has 106 valence electrons. The van der Waals surface area contributed by atoms with Crippen molar-refractivity contribution in [1.82, 2.24) is 5.32 Å². The summed E-state index contributed by atoms with van der Waals surface area (Å²) >= 11 is 2.02. The molecule has 1 aliphatic carbocycles. The van der Waals surface area contributed by atoms with Crippen molar-refractivity contribution >= 4 is 11.8 Å². The lowest BCUT2D eigenvalue weighted by Gasteiger charge is -2.33. The maximum atomic E-state index is 9.63. The first-order chi connectivity index (χ1) is 8.80. The van der Waals surface area contributed by atoms with E-state index in [1.165, 1.54) is 37.9 Å². The van der Waals surface area contributed by atoms with Gasteiger partial charge in [0.2, 0.25) is 0 Å². The summed E-state index contributed by atoms with van der Waals surface area (Å²) in [5, 5.41) is 13.0. The molecule has 0 amide bonds. The number of thioether (sulfide) groups is 1. The Balaban J connectivity index is 1.66. The van der Waals surface area contributed by atoms with Crippen LogP contribution in [-0.2, 0) is 4.74 Å². The SMILES string of the molecule is CNC1(CO)CCCC1CCSCC1CCCO1. The zero-order valence-electron chi connectivity index (χ0n) is 11.5. The summed E-state index contributed by atoms with van der Waals surface area (Å²) in [4.78, 5) is 0. The van der Waals surface area contributed by atoms with E-state index in [-0.39, 0.29) is 12.1 Å². The number of aliphatic hydroxyl groups is 1.